The lowest BCUT2D eigenvalue weighted by atomic mass is 10.0. The summed E-state index contributed by atoms with van der Waals surface area (Å²) in [5, 5.41) is 11.0. The normalized spacial score (nSPS) is 14.3. The van der Waals surface area contributed by atoms with Crippen molar-refractivity contribution in [2.24, 2.45) is 0 Å². The standard InChI is InChI=1S/C28H26N4O3/c1-3-35-22-14-12-21(13-15-22)30-28(33)24-18-29-32-26(20-10-7-11-23(16-20)34-2)17-25(31-27(24)32)19-8-5-4-6-9-19/h4-18,26,31H,3H2,1-2H3,(H,30,33)/t26-/m1/s1. The number of nitrogens with zero attached hydrogens (tertiary/aromatic N) is 2. The highest BCUT2D eigenvalue weighted by atomic mass is 16.5. The van der Waals surface area contributed by atoms with Gasteiger partial charge < -0.3 is 20.1 Å². The third-order valence-corrected chi connectivity index (χ3v) is 5.82. The monoisotopic (exact) mass is 466 g/mol. The molecule has 35 heavy (non-hydrogen) atoms. The van der Waals surface area contributed by atoms with Crippen LogP contribution in [0.2, 0.25) is 0 Å². The first-order valence-corrected chi connectivity index (χ1v) is 11.5. The number of rotatable bonds is 7. The molecule has 0 radical (unpaired) electrons. The SMILES string of the molecule is CCOc1ccc(NC(=O)c2cnn3c2NC(c2ccccc2)=C[C@@H]3c2cccc(OC)c2)cc1. The molecule has 3 aromatic carbocycles. The predicted octanol–water partition coefficient (Wildman–Crippen LogP) is 5.60. The highest BCUT2D eigenvalue weighted by Crippen LogP contribution is 2.36. The lowest BCUT2D eigenvalue weighted by Crippen LogP contribution is -2.22. The van der Waals surface area contributed by atoms with Gasteiger partial charge >= 0.3 is 0 Å². The Kier molecular flexibility index (Phi) is 6.22. The van der Waals surface area contributed by atoms with Crippen molar-refractivity contribution in [3.05, 3.63) is 108 Å². The zero-order chi connectivity index (χ0) is 24.2. The van der Waals surface area contributed by atoms with E-state index < -0.39 is 0 Å². The molecular formula is C28H26N4O3. The predicted molar refractivity (Wildman–Crippen MR) is 137 cm³/mol. The van der Waals surface area contributed by atoms with Crippen molar-refractivity contribution in [3.8, 4) is 11.5 Å². The highest BCUT2D eigenvalue weighted by molar-refractivity contribution is 6.08. The summed E-state index contributed by atoms with van der Waals surface area (Å²) in [6.07, 6.45) is 3.71. The molecule has 176 valence electrons. The van der Waals surface area contributed by atoms with Crippen molar-refractivity contribution in [2.75, 3.05) is 24.4 Å². The van der Waals surface area contributed by atoms with Crippen LogP contribution >= 0.6 is 0 Å². The summed E-state index contributed by atoms with van der Waals surface area (Å²) in [5.74, 6) is 1.90. The molecule has 0 bridgehead atoms. The molecule has 1 aliphatic rings. The fourth-order valence-corrected chi connectivity index (χ4v) is 4.11. The van der Waals surface area contributed by atoms with Crippen LogP contribution in [0, 0.1) is 0 Å². The summed E-state index contributed by atoms with van der Waals surface area (Å²) in [6.45, 7) is 2.52. The maximum absolute atomic E-state index is 13.3. The zero-order valence-corrected chi connectivity index (χ0v) is 19.6. The van der Waals surface area contributed by atoms with E-state index in [4.69, 9.17) is 9.47 Å². The number of benzene rings is 3. The molecule has 7 nitrogen and oxygen atoms in total. The van der Waals surface area contributed by atoms with E-state index in [1.54, 1.807) is 13.3 Å². The van der Waals surface area contributed by atoms with Gasteiger partial charge in [0.2, 0.25) is 0 Å². The van der Waals surface area contributed by atoms with Crippen LogP contribution in [0.5, 0.6) is 11.5 Å². The molecule has 1 aliphatic heterocycles. The largest absolute Gasteiger partial charge is 0.497 e. The molecule has 0 spiro atoms. The van der Waals surface area contributed by atoms with Crippen LogP contribution in [0.1, 0.15) is 34.5 Å². The molecule has 1 aromatic heterocycles. The van der Waals surface area contributed by atoms with Crippen LogP contribution in [-0.4, -0.2) is 29.4 Å². The van der Waals surface area contributed by atoms with Crippen molar-refractivity contribution in [1.29, 1.82) is 0 Å². The van der Waals surface area contributed by atoms with E-state index in [2.05, 4.69) is 21.8 Å². The van der Waals surface area contributed by atoms with Gasteiger partial charge in [0.25, 0.3) is 5.91 Å². The average Bonchev–Trinajstić information content (AvgIpc) is 3.34. The molecule has 1 atom stereocenters. The molecule has 0 saturated heterocycles. The lowest BCUT2D eigenvalue weighted by Gasteiger charge is -2.26. The van der Waals surface area contributed by atoms with E-state index in [1.165, 1.54) is 0 Å². The number of anilines is 2. The number of ether oxygens (including phenoxy) is 2. The van der Waals surface area contributed by atoms with E-state index in [-0.39, 0.29) is 11.9 Å². The average molecular weight is 467 g/mol. The number of amides is 1. The fraction of sp³-hybridized carbons (Fsp3) is 0.143. The van der Waals surface area contributed by atoms with Gasteiger partial charge in [0.05, 0.1) is 26.0 Å². The third-order valence-electron chi connectivity index (χ3n) is 5.82. The van der Waals surface area contributed by atoms with Gasteiger partial charge in [-0.25, -0.2) is 4.68 Å². The lowest BCUT2D eigenvalue weighted by molar-refractivity contribution is 0.102. The van der Waals surface area contributed by atoms with E-state index in [9.17, 15) is 4.79 Å². The Morgan fingerprint density at radius 3 is 2.57 bits per heavy atom. The van der Waals surface area contributed by atoms with Gasteiger partial charge in [0.15, 0.2) is 0 Å². The van der Waals surface area contributed by atoms with Crippen LogP contribution < -0.4 is 20.1 Å². The summed E-state index contributed by atoms with van der Waals surface area (Å²) < 4.78 is 12.8. The van der Waals surface area contributed by atoms with Gasteiger partial charge in [0.1, 0.15) is 22.9 Å². The second-order valence-corrected chi connectivity index (χ2v) is 8.06. The number of allylic oxidation sites excluding steroid dienone is 1. The van der Waals surface area contributed by atoms with E-state index >= 15 is 0 Å². The summed E-state index contributed by atoms with van der Waals surface area (Å²) in [6, 6.07) is 25.0. The molecule has 5 rings (SSSR count). The zero-order valence-electron chi connectivity index (χ0n) is 19.6. The van der Waals surface area contributed by atoms with Gasteiger partial charge in [-0.3, -0.25) is 4.79 Å². The maximum atomic E-state index is 13.3. The Morgan fingerprint density at radius 1 is 1.03 bits per heavy atom. The summed E-state index contributed by atoms with van der Waals surface area (Å²) in [7, 11) is 1.65. The minimum Gasteiger partial charge on any atom is -0.497 e. The van der Waals surface area contributed by atoms with Crippen LogP contribution in [0.3, 0.4) is 0 Å². The molecule has 0 unspecified atom stereocenters. The van der Waals surface area contributed by atoms with Crippen LogP contribution in [0.4, 0.5) is 11.5 Å². The number of hydrogen-bond donors (Lipinski definition) is 2. The molecule has 0 fully saturated rings. The molecule has 2 N–H and O–H groups in total. The van der Waals surface area contributed by atoms with Gasteiger partial charge in [-0.05, 0) is 60.5 Å². The number of aromatic nitrogens is 2. The molecule has 1 amide bonds. The van der Waals surface area contributed by atoms with Crippen molar-refractivity contribution < 1.29 is 14.3 Å². The summed E-state index contributed by atoms with van der Waals surface area (Å²) in [5.41, 5.74) is 4.06. The molecular weight excluding hydrogens is 440 g/mol. The molecule has 0 saturated carbocycles. The Balaban J connectivity index is 1.50. The number of methoxy groups -OCH3 is 1. The molecule has 7 heteroatoms. The quantitative estimate of drug-likeness (QED) is 0.371. The van der Waals surface area contributed by atoms with Crippen molar-refractivity contribution in [2.45, 2.75) is 13.0 Å². The second kappa shape index (κ2) is 9.77. The topological polar surface area (TPSA) is 77.4 Å². The minimum absolute atomic E-state index is 0.219. The number of nitrogens with one attached hydrogen (secondary N) is 2. The van der Waals surface area contributed by atoms with Crippen LogP contribution in [0.25, 0.3) is 5.70 Å². The van der Waals surface area contributed by atoms with Crippen molar-refractivity contribution >= 4 is 23.1 Å². The number of hydrogen-bond acceptors (Lipinski definition) is 5. The van der Waals surface area contributed by atoms with E-state index in [1.807, 2.05) is 90.5 Å². The second-order valence-electron chi connectivity index (χ2n) is 8.06. The minimum atomic E-state index is -0.249. The Hall–Kier alpha value is -4.52. The van der Waals surface area contributed by atoms with Crippen LogP contribution in [0.15, 0.2) is 91.1 Å². The maximum Gasteiger partial charge on any atom is 0.261 e. The number of fused-ring (bicyclic) bond motifs is 1. The van der Waals surface area contributed by atoms with Gasteiger partial charge in [0, 0.05) is 11.4 Å². The van der Waals surface area contributed by atoms with Crippen molar-refractivity contribution in [3.63, 3.8) is 0 Å². The number of carbonyl (C=O) groups is 1. The fourth-order valence-electron chi connectivity index (χ4n) is 4.11. The van der Waals surface area contributed by atoms with Gasteiger partial charge in [-0.2, -0.15) is 5.10 Å². The van der Waals surface area contributed by atoms with Crippen LogP contribution in [-0.2, 0) is 0 Å². The van der Waals surface area contributed by atoms with E-state index in [0.29, 0.717) is 23.7 Å². The molecule has 2 heterocycles. The first-order chi connectivity index (χ1) is 17.2. The van der Waals surface area contributed by atoms with Gasteiger partial charge in [-0.1, -0.05) is 42.5 Å². The Morgan fingerprint density at radius 2 is 1.83 bits per heavy atom. The first kappa shape index (κ1) is 22.3. The highest BCUT2D eigenvalue weighted by Gasteiger charge is 2.28. The number of carbonyl (C=O) groups excluding carboxylic acids is 1. The molecule has 4 aromatic rings. The first-order valence-electron chi connectivity index (χ1n) is 11.5. The molecule has 0 aliphatic carbocycles. The van der Waals surface area contributed by atoms with Gasteiger partial charge in [-0.15, -0.1) is 0 Å². The summed E-state index contributed by atoms with van der Waals surface area (Å²) in [4.78, 5) is 13.3. The third kappa shape index (κ3) is 4.61. The summed E-state index contributed by atoms with van der Waals surface area (Å²) >= 11 is 0. The Bertz CT molecular complexity index is 1360. The Labute approximate surface area is 204 Å². The van der Waals surface area contributed by atoms with E-state index in [0.717, 1.165) is 28.3 Å². The van der Waals surface area contributed by atoms with Crippen molar-refractivity contribution in [1.82, 2.24) is 9.78 Å². The smallest absolute Gasteiger partial charge is 0.261 e.